The van der Waals surface area contributed by atoms with Crippen molar-refractivity contribution in [3.05, 3.63) is 87.0 Å². The third-order valence-electron chi connectivity index (χ3n) is 4.23. The van der Waals surface area contributed by atoms with Gasteiger partial charge in [0.2, 0.25) is 5.06 Å². The van der Waals surface area contributed by atoms with E-state index >= 15 is 0 Å². The van der Waals surface area contributed by atoms with Gasteiger partial charge in [0.1, 0.15) is 17.3 Å². The number of nitrogens with one attached hydrogen (secondary N) is 1. The molecule has 0 saturated carbocycles. The first-order valence-corrected chi connectivity index (χ1v) is 10.6. The van der Waals surface area contributed by atoms with Crippen molar-refractivity contribution < 1.29 is 18.8 Å². The normalized spacial score (nSPS) is 10.6. The highest BCUT2D eigenvalue weighted by Crippen LogP contribution is 2.41. The highest BCUT2D eigenvalue weighted by Gasteiger charge is 2.20. The number of nitrogens with zero attached hydrogens (tertiary/aromatic N) is 2. The number of benzene rings is 2. The van der Waals surface area contributed by atoms with Crippen molar-refractivity contribution in [3.63, 3.8) is 0 Å². The summed E-state index contributed by atoms with van der Waals surface area (Å²) in [4.78, 5) is 27.5. The van der Waals surface area contributed by atoms with Crippen molar-refractivity contribution in [1.29, 1.82) is 0 Å². The summed E-state index contributed by atoms with van der Waals surface area (Å²) in [5.74, 6) is -0.269. The van der Waals surface area contributed by atoms with Crippen molar-refractivity contribution >= 4 is 38.7 Å². The number of halogens is 1. The molecule has 0 aliphatic rings. The number of carbonyl (C=O) groups is 1. The van der Waals surface area contributed by atoms with Crippen LogP contribution in [-0.4, -0.2) is 15.8 Å². The zero-order valence-corrected chi connectivity index (χ0v) is 17.6. The average Bonchev–Trinajstić information content (AvgIpc) is 3.38. The van der Waals surface area contributed by atoms with Gasteiger partial charge in [-0.2, -0.15) is 0 Å². The number of hydrogen-bond acceptors (Lipinski definition) is 7. The lowest BCUT2D eigenvalue weighted by Gasteiger charge is -2.07. The second kappa shape index (κ2) is 8.62. The predicted molar refractivity (Wildman–Crippen MR) is 118 cm³/mol. The van der Waals surface area contributed by atoms with E-state index in [-0.39, 0.29) is 20.8 Å². The molecule has 2 heterocycles. The van der Waals surface area contributed by atoms with Gasteiger partial charge in [-0.25, -0.2) is 9.37 Å². The van der Waals surface area contributed by atoms with Gasteiger partial charge >= 0.3 is 5.00 Å². The van der Waals surface area contributed by atoms with Crippen molar-refractivity contribution in [3.8, 4) is 22.1 Å². The highest BCUT2D eigenvalue weighted by atomic mass is 32.1. The number of anilines is 1. The Morgan fingerprint density at radius 3 is 2.52 bits per heavy atom. The van der Waals surface area contributed by atoms with Crippen molar-refractivity contribution in [2.75, 3.05) is 5.32 Å². The van der Waals surface area contributed by atoms with Gasteiger partial charge in [-0.05, 0) is 48.9 Å². The Balaban J connectivity index is 1.66. The van der Waals surface area contributed by atoms with E-state index in [2.05, 4.69) is 10.3 Å². The Hall–Kier alpha value is -3.63. The lowest BCUT2D eigenvalue weighted by molar-refractivity contribution is -0.380. The fourth-order valence-electron chi connectivity index (χ4n) is 2.70. The zero-order chi connectivity index (χ0) is 22.0. The van der Waals surface area contributed by atoms with Gasteiger partial charge in [-0.3, -0.25) is 20.2 Å². The van der Waals surface area contributed by atoms with Crippen molar-refractivity contribution in [2.45, 2.75) is 6.92 Å². The third-order valence-corrected chi connectivity index (χ3v) is 6.11. The number of aromatic nitrogens is 1. The first kappa shape index (κ1) is 20.6. The van der Waals surface area contributed by atoms with Gasteiger partial charge < -0.3 is 4.74 Å². The number of thiophene rings is 1. The Labute approximate surface area is 183 Å². The van der Waals surface area contributed by atoms with Crippen LogP contribution >= 0.6 is 22.7 Å². The Kier molecular flexibility index (Phi) is 5.74. The molecule has 0 radical (unpaired) electrons. The number of rotatable bonds is 6. The summed E-state index contributed by atoms with van der Waals surface area (Å²) >= 11 is 1.88. The van der Waals surface area contributed by atoms with Gasteiger partial charge in [-0.15, -0.1) is 0 Å². The molecule has 0 aliphatic heterocycles. The largest absolute Gasteiger partial charge is 0.444 e. The molecule has 10 heteroatoms. The number of thiazole rings is 1. The molecule has 4 aromatic rings. The summed E-state index contributed by atoms with van der Waals surface area (Å²) in [6, 6.07) is 15.9. The van der Waals surface area contributed by atoms with E-state index in [1.807, 2.05) is 31.2 Å². The topological polar surface area (TPSA) is 94.4 Å². The molecule has 1 amide bonds. The molecular weight excluding hydrogens is 441 g/mol. The molecule has 0 bridgehead atoms. The van der Waals surface area contributed by atoms with Crippen LogP contribution in [0.15, 0.2) is 60.7 Å². The molecule has 2 aromatic heterocycles. The number of aryl methyl sites for hydroxylation is 1. The van der Waals surface area contributed by atoms with E-state index < -0.39 is 10.8 Å². The summed E-state index contributed by atoms with van der Waals surface area (Å²) < 4.78 is 19.4. The fraction of sp³-hybridized carbons (Fsp3) is 0.0476. The second-order valence-electron chi connectivity index (χ2n) is 6.38. The quantitative estimate of drug-likeness (QED) is 0.273. The monoisotopic (exact) mass is 455 g/mol. The first-order chi connectivity index (χ1) is 14.9. The first-order valence-electron chi connectivity index (χ1n) is 8.96. The minimum atomic E-state index is -0.550. The third kappa shape index (κ3) is 4.60. The molecule has 0 saturated heterocycles. The predicted octanol–water partition coefficient (Wildman–Crippen LogP) is 6.27. The van der Waals surface area contributed by atoms with Crippen LogP contribution in [0.3, 0.4) is 0 Å². The lowest BCUT2D eigenvalue weighted by Crippen LogP contribution is -2.09. The summed E-state index contributed by atoms with van der Waals surface area (Å²) in [5.41, 5.74) is 1.98. The molecule has 1 N–H and O–H groups in total. The van der Waals surface area contributed by atoms with Crippen LogP contribution in [-0.2, 0) is 0 Å². The molecule has 0 aliphatic carbocycles. The van der Waals surface area contributed by atoms with Gasteiger partial charge in [0, 0.05) is 11.6 Å². The minimum Gasteiger partial charge on any atom is -0.444 e. The maximum Gasteiger partial charge on any atom is 0.324 e. The van der Waals surface area contributed by atoms with Gasteiger partial charge in [0.05, 0.1) is 9.80 Å². The summed E-state index contributed by atoms with van der Waals surface area (Å²) in [6.45, 7) is 1.90. The number of nitro groups is 1. The van der Waals surface area contributed by atoms with E-state index in [0.29, 0.717) is 22.1 Å². The average molecular weight is 455 g/mol. The van der Waals surface area contributed by atoms with Gasteiger partial charge in [0.15, 0.2) is 5.13 Å². The van der Waals surface area contributed by atoms with E-state index in [9.17, 15) is 19.3 Å². The van der Waals surface area contributed by atoms with E-state index in [1.54, 1.807) is 12.1 Å². The van der Waals surface area contributed by atoms with Crippen LogP contribution in [0.1, 0.15) is 15.2 Å². The number of carbonyl (C=O) groups excluding carboxylic acids is 1. The van der Waals surface area contributed by atoms with E-state index in [4.69, 9.17) is 4.74 Å². The zero-order valence-electron chi connectivity index (χ0n) is 16.0. The van der Waals surface area contributed by atoms with E-state index in [0.717, 1.165) is 28.2 Å². The molecule has 4 rings (SSSR count). The summed E-state index contributed by atoms with van der Waals surface area (Å²) in [5, 5.41) is 14.1. The van der Waals surface area contributed by atoms with Gasteiger partial charge in [0.25, 0.3) is 5.91 Å². The fourth-order valence-corrected chi connectivity index (χ4v) is 4.26. The van der Waals surface area contributed by atoms with Crippen LogP contribution in [0, 0.1) is 22.9 Å². The maximum atomic E-state index is 13.4. The molecule has 156 valence electrons. The number of amides is 1. The van der Waals surface area contributed by atoms with Crippen LogP contribution in [0.25, 0.3) is 11.3 Å². The van der Waals surface area contributed by atoms with Crippen LogP contribution < -0.4 is 10.1 Å². The molecular formula is C21H14FN3O4S2. The standard InChI is InChI=1S/C21H14FN3O4S2/c1-12-4-2-3-5-15(12)29-20-18(13-6-8-14(22)9-7-13)23-21(31-20)24-19(26)16-10-11-17(30-16)25(27)28/h2-11H,1H3,(H,23,24,26). The highest BCUT2D eigenvalue weighted by molar-refractivity contribution is 7.19. The number of para-hydroxylation sites is 1. The lowest BCUT2D eigenvalue weighted by atomic mass is 10.1. The Morgan fingerprint density at radius 1 is 1.10 bits per heavy atom. The van der Waals surface area contributed by atoms with Crippen LogP contribution in [0.2, 0.25) is 0 Å². The number of ether oxygens (including phenoxy) is 1. The van der Waals surface area contributed by atoms with Crippen molar-refractivity contribution in [2.24, 2.45) is 0 Å². The molecule has 31 heavy (non-hydrogen) atoms. The maximum absolute atomic E-state index is 13.4. The summed E-state index contributed by atoms with van der Waals surface area (Å²) in [6.07, 6.45) is 0. The van der Waals surface area contributed by atoms with Crippen LogP contribution in [0.4, 0.5) is 14.5 Å². The van der Waals surface area contributed by atoms with Crippen LogP contribution in [0.5, 0.6) is 10.8 Å². The minimum absolute atomic E-state index is 0.125. The molecule has 7 nitrogen and oxygen atoms in total. The smallest absolute Gasteiger partial charge is 0.324 e. The molecule has 0 fully saturated rings. The molecule has 2 aromatic carbocycles. The molecule has 0 spiro atoms. The molecule has 0 unspecified atom stereocenters. The van der Waals surface area contributed by atoms with Gasteiger partial charge in [-0.1, -0.05) is 40.9 Å². The van der Waals surface area contributed by atoms with E-state index in [1.165, 1.54) is 24.3 Å². The Bertz CT molecular complexity index is 1270. The number of hydrogen-bond donors (Lipinski definition) is 1. The summed E-state index contributed by atoms with van der Waals surface area (Å²) in [7, 11) is 0. The SMILES string of the molecule is Cc1ccccc1Oc1sc(NC(=O)c2ccc([N+](=O)[O-])s2)nc1-c1ccc(F)cc1. The second-order valence-corrected chi connectivity index (χ2v) is 8.40. The Morgan fingerprint density at radius 2 is 1.84 bits per heavy atom. The molecule has 0 atom stereocenters. The van der Waals surface area contributed by atoms with Crippen molar-refractivity contribution in [1.82, 2.24) is 4.98 Å².